The zero-order valence-electron chi connectivity index (χ0n) is 10.0. The quantitative estimate of drug-likeness (QED) is 0.504. The molecule has 0 unspecified atom stereocenters. The van der Waals surface area contributed by atoms with Crippen molar-refractivity contribution in [2.24, 2.45) is 0 Å². The van der Waals surface area contributed by atoms with E-state index >= 15 is 0 Å². The van der Waals surface area contributed by atoms with Gasteiger partial charge >= 0.3 is 0 Å². The third-order valence-electron chi connectivity index (χ3n) is 2.00. The molecule has 0 aliphatic rings. The lowest BCUT2D eigenvalue weighted by Crippen LogP contribution is -2.24. The van der Waals surface area contributed by atoms with Crippen molar-refractivity contribution in [2.45, 2.75) is 11.6 Å². The molecule has 0 aliphatic carbocycles. The fourth-order valence-corrected chi connectivity index (χ4v) is 1.71. The van der Waals surface area contributed by atoms with E-state index in [4.69, 9.17) is 11.6 Å². The van der Waals surface area contributed by atoms with E-state index in [2.05, 4.69) is 15.3 Å². The number of amides is 1. The lowest BCUT2D eigenvalue weighted by Gasteiger charge is -2.11. The Morgan fingerprint density at radius 1 is 1.53 bits per heavy atom. The maximum Gasteiger partial charge on any atom is 0.223 e. The Bertz CT molecular complexity index is 400. The molecule has 1 amide bonds. The molecule has 0 fully saturated rings. The first-order chi connectivity index (χ1) is 8.02. The smallest absolute Gasteiger partial charge is 0.223 e. The van der Waals surface area contributed by atoms with Gasteiger partial charge in [0.15, 0.2) is 5.16 Å². The molecule has 1 aromatic rings. The molecule has 0 radical (unpaired) electrons. The Morgan fingerprint density at radius 3 is 2.82 bits per heavy atom. The van der Waals surface area contributed by atoms with E-state index in [9.17, 15) is 4.79 Å². The molecular weight excluding hydrogens is 260 g/mol. The lowest BCUT2D eigenvalue weighted by molar-refractivity contribution is -0.128. The van der Waals surface area contributed by atoms with Gasteiger partial charge in [0.05, 0.1) is 0 Å². The maximum atomic E-state index is 11.3. The van der Waals surface area contributed by atoms with Gasteiger partial charge in [-0.05, 0) is 6.26 Å². The maximum absolute atomic E-state index is 11.3. The predicted octanol–water partition coefficient (Wildman–Crippen LogP) is 1.74. The van der Waals surface area contributed by atoms with Crippen LogP contribution in [0.2, 0.25) is 5.15 Å². The predicted molar refractivity (Wildman–Crippen MR) is 70.6 cm³/mol. The average Bonchev–Trinajstić information content (AvgIpc) is 2.27. The number of nitrogens with one attached hydrogen (secondary N) is 1. The molecule has 0 spiro atoms. The molecule has 94 valence electrons. The first-order valence-corrected chi connectivity index (χ1v) is 6.66. The van der Waals surface area contributed by atoms with Crippen LogP contribution in [0, 0.1) is 0 Å². The molecule has 1 rings (SSSR count). The summed E-state index contributed by atoms with van der Waals surface area (Å²) in [5.41, 5.74) is 0. The summed E-state index contributed by atoms with van der Waals surface area (Å²) >= 11 is 7.26. The molecule has 0 atom stereocenters. The summed E-state index contributed by atoms with van der Waals surface area (Å²) in [5.74, 6) is 0.712. The van der Waals surface area contributed by atoms with Gasteiger partial charge in [-0.15, -0.1) is 0 Å². The Balaban J connectivity index is 2.52. The monoisotopic (exact) mass is 274 g/mol. The van der Waals surface area contributed by atoms with Gasteiger partial charge in [0, 0.05) is 33.1 Å². The normalized spacial score (nSPS) is 10.1. The van der Waals surface area contributed by atoms with E-state index in [1.807, 2.05) is 6.26 Å². The third-order valence-corrected chi connectivity index (χ3v) is 2.74. The summed E-state index contributed by atoms with van der Waals surface area (Å²) in [6.07, 6.45) is 2.30. The van der Waals surface area contributed by atoms with Crippen molar-refractivity contribution in [3.05, 3.63) is 11.2 Å². The standard InChI is InChI=1S/C10H15ClN4OS/c1-15(2)9(16)4-5-12-8-6-7(11)13-10(14-8)17-3/h6H,4-5H2,1-3H3,(H,12,13,14). The van der Waals surface area contributed by atoms with Crippen LogP contribution in [0.3, 0.4) is 0 Å². The Kier molecular flexibility index (Phi) is 5.50. The summed E-state index contributed by atoms with van der Waals surface area (Å²) < 4.78 is 0. The molecule has 1 heterocycles. The number of hydrogen-bond acceptors (Lipinski definition) is 5. The second kappa shape index (κ2) is 6.66. The van der Waals surface area contributed by atoms with Crippen LogP contribution in [-0.4, -0.2) is 47.7 Å². The van der Waals surface area contributed by atoms with Crippen LogP contribution in [0.5, 0.6) is 0 Å². The SMILES string of the molecule is CSc1nc(Cl)cc(NCCC(=O)N(C)C)n1. The minimum atomic E-state index is 0.0720. The van der Waals surface area contributed by atoms with Crippen molar-refractivity contribution in [3.63, 3.8) is 0 Å². The molecule has 0 saturated heterocycles. The van der Waals surface area contributed by atoms with Crippen LogP contribution in [0.4, 0.5) is 5.82 Å². The number of halogens is 1. The van der Waals surface area contributed by atoms with E-state index in [1.54, 1.807) is 25.1 Å². The fourth-order valence-electron chi connectivity index (χ4n) is 1.10. The van der Waals surface area contributed by atoms with Crippen LogP contribution in [0.15, 0.2) is 11.2 Å². The molecule has 1 N–H and O–H groups in total. The first kappa shape index (κ1) is 14.1. The summed E-state index contributed by atoms with van der Waals surface area (Å²) in [5, 5.41) is 4.05. The van der Waals surface area contributed by atoms with Gasteiger partial charge in [0.25, 0.3) is 0 Å². The van der Waals surface area contributed by atoms with Gasteiger partial charge in [-0.25, -0.2) is 9.97 Å². The van der Waals surface area contributed by atoms with Crippen molar-refractivity contribution < 1.29 is 4.79 Å². The number of rotatable bonds is 5. The minimum absolute atomic E-state index is 0.0720. The Hall–Kier alpha value is -1.01. The van der Waals surface area contributed by atoms with Crippen molar-refractivity contribution in [1.29, 1.82) is 0 Å². The van der Waals surface area contributed by atoms with E-state index in [0.717, 1.165) is 0 Å². The molecule has 0 bridgehead atoms. The van der Waals surface area contributed by atoms with E-state index < -0.39 is 0 Å². The highest BCUT2D eigenvalue weighted by Crippen LogP contribution is 2.16. The highest BCUT2D eigenvalue weighted by Gasteiger charge is 2.05. The van der Waals surface area contributed by atoms with Gasteiger partial charge in [0.1, 0.15) is 11.0 Å². The van der Waals surface area contributed by atoms with Crippen LogP contribution in [-0.2, 0) is 4.79 Å². The minimum Gasteiger partial charge on any atom is -0.369 e. The van der Waals surface area contributed by atoms with Crippen LogP contribution < -0.4 is 5.32 Å². The van der Waals surface area contributed by atoms with Crippen LogP contribution >= 0.6 is 23.4 Å². The average molecular weight is 275 g/mol. The molecular formula is C10H15ClN4OS. The van der Waals surface area contributed by atoms with Crippen molar-refractivity contribution in [3.8, 4) is 0 Å². The third kappa shape index (κ3) is 4.79. The number of anilines is 1. The zero-order valence-corrected chi connectivity index (χ0v) is 11.6. The number of carbonyl (C=O) groups is 1. The van der Waals surface area contributed by atoms with E-state index in [-0.39, 0.29) is 5.91 Å². The number of nitrogens with zero attached hydrogens (tertiary/aromatic N) is 3. The summed E-state index contributed by atoms with van der Waals surface area (Å²) in [4.78, 5) is 21.2. The van der Waals surface area contributed by atoms with Gasteiger partial charge in [-0.1, -0.05) is 23.4 Å². The summed E-state index contributed by atoms with van der Waals surface area (Å²) in [6, 6.07) is 1.64. The second-order valence-corrected chi connectivity index (χ2v) is 4.69. The van der Waals surface area contributed by atoms with Gasteiger partial charge in [0.2, 0.25) is 5.91 Å². The van der Waals surface area contributed by atoms with E-state index in [0.29, 0.717) is 29.1 Å². The van der Waals surface area contributed by atoms with Crippen molar-refractivity contribution in [2.75, 3.05) is 32.2 Å². The van der Waals surface area contributed by atoms with Gasteiger partial charge in [-0.2, -0.15) is 0 Å². The molecule has 0 saturated carbocycles. The highest BCUT2D eigenvalue weighted by molar-refractivity contribution is 7.98. The fraction of sp³-hybridized carbons (Fsp3) is 0.500. The topological polar surface area (TPSA) is 58.1 Å². The largest absolute Gasteiger partial charge is 0.369 e. The van der Waals surface area contributed by atoms with E-state index in [1.165, 1.54) is 11.8 Å². The second-order valence-electron chi connectivity index (χ2n) is 3.53. The molecule has 17 heavy (non-hydrogen) atoms. The number of carbonyl (C=O) groups excluding carboxylic acids is 1. The highest BCUT2D eigenvalue weighted by atomic mass is 35.5. The number of hydrogen-bond donors (Lipinski definition) is 1. The van der Waals surface area contributed by atoms with Crippen LogP contribution in [0.25, 0.3) is 0 Å². The number of thioether (sulfide) groups is 1. The van der Waals surface area contributed by atoms with Crippen molar-refractivity contribution >= 4 is 35.1 Å². The summed E-state index contributed by atoms with van der Waals surface area (Å²) in [7, 11) is 3.46. The van der Waals surface area contributed by atoms with Gasteiger partial charge < -0.3 is 10.2 Å². The Morgan fingerprint density at radius 2 is 2.24 bits per heavy atom. The first-order valence-electron chi connectivity index (χ1n) is 5.05. The number of aromatic nitrogens is 2. The van der Waals surface area contributed by atoms with Gasteiger partial charge in [-0.3, -0.25) is 4.79 Å². The molecule has 0 aliphatic heterocycles. The summed E-state index contributed by atoms with van der Waals surface area (Å²) in [6.45, 7) is 0.526. The lowest BCUT2D eigenvalue weighted by atomic mass is 10.4. The molecule has 1 aromatic heterocycles. The molecule has 0 aromatic carbocycles. The zero-order chi connectivity index (χ0) is 12.8. The molecule has 5 nitrogen and oxygen atoms in total. The van der Waals surface area contributed by atoms with Crippen molar-refractivity contribution in [1.82, 2.24) is 14.9 Å². The van der Waals surface area contributed by atoms with Crippen LogP contribution in [0.1, 0.15) is 6.42 Å². The Labute approximate surface area is 110 Å². The molecule has 7 heteroatoms.